The van der Waals surface area contributed by atoms with Crippen molar-refractivity contribution in [1.82, 2.24) is 0 Å². The summed E-state index contributed by atoms with van der Waals surface area (Å²) in [6.45, 7) is -1.63. The van der Waals surface area contributed by atoms with Crippen molar-refractivity contribution in [3.63, 3.8) is 0 Å². The highest BCUT2D eigenvalue weighted by molar-refractivity contribution is 5.00. The van der Waals surface area contributed by atoms with Crippen molar-refractivity contribution in [2.45, 2.75) is 36.8 Å². The SMILES string of the molecule is N#CCCOCCC(F)(F)C(F)(F)C(F)(F)C(F)(F)F. The lowest BCUT2D eigenvalue weighted by atomic mass is 10.0. The highest BCUT2D eigenvalue weighted by atomic mass is 19.4. The Morgan fingerprint density at radius 2 is 1.30 bits per heavy atom. The van der Waals surface area contributed by atoms with Gasteiger partial charge in [-0.1, -0.05) is 0 Å². The Bertz CT molecular complexity index is 357. The van der Waals surface area contributed by atoms with Gasteiger partial charge in [-0.15, -0.1) is 0 Å². The molecule has 0 radical (unpaired) electrons. The molecule has 0 rings (SSSR count). The Balaban J connectivity index is 4.86. The van der Waals surface area contributed by atoms with Crippen LogP contribution in [0.5, 0.6) is 0 Å². The summed E-state index contributed by atoms with van der Waals surface area (Å²) in [4.78, 5) is 0. The zero-order chi connectivity index (χ0) is 16.2. The number of halogens is 9. The van der Waals surface area contributed by atoms with Crippen molar-refractivity contribution in [1.29, 1.82) is 5.26 Å². The Morgan fingerprint density at radius 3 is 1.70 bits per heavy atom. The first-order chi connectivity index (χ1) is 8.81. The predicted molar refractivity (Wildman–Crippen MR) is 46.6 cm³/mol. The van der Waals surface area contributed by atoms with E-state index in [9.17, 15) is 39.5 Å². The van der Waals surface area contributed by atoms with E-state index in [1.165, 1.54) is 6.07 Å². The van der Waals surface area contributed by atoms with Crippen LogP contribution in [0.3, 0.4) is 0 Å². The molecule has 0 aliphatic heterocycles. The van der Waals surface area contributed by atoms with E-state index < -0.39 is 43.6 Å². The van der Waals surface area contributed by atoms with Crippen molar-refractivity contribution >= 4 is 0 Å². The number of hydrogen-bond acceptors (Lipinski definition) is 2. The Labute approximate surface area is 107 Å². The molecule has 0 aromatic rings. The Morgan fingerprint density at radius 1 is 0.800 bits per heavy atom. The smallest absolute Gasteiger partial charge is 0.380 e. The summed E-state index contributed by atoms with van der Waals surface area (Å²) in [6, 6.07) is 1.51. The van der Waals surface area contributed by atoms with Gasteiger partial charge in [0, 0.05) is 6.42 Å². The van der Waals surface area contributed by atoms with Gasteiger partial charge in [-0.3, -0.25) is 0 Å². The first-order valence-corrected chi connectivity index (χ1v) is 4.96. The number of hydrogen-bond donors (Lipinski definition) is 0. The molecule has 0 atom stereocenters. The summed E-state index contributed by atoms with van der Waals surface area (Å²) in [5.41, 5.74) is 0. The van der Waals surface area contributed by atoms with Gasteiger partial charge in [0.15, 0.2) is 0 Å². The van der Waals surface area contributed by atoms with Gasteiger partial charge in [-0.25, -0.2) is 0 Å². The number of nitriles is 1. The number of alkyl halides is 9. The molecule has 0 aliphatic rings. The van der Waals surface area contributed by atoms with Gasteiger partial charge in [0.2, 0.25) is 0 Å². The van der Waals surface area contributed by atoms with E-state index >= 15 is 0 Å². The first kappa shape index (κ1) is 18.8. The summed E-state index contributed by atoms with van der Waals surface area (Å²) >= 11 is 0. The van der Waals surface area contributed by atoms with Crippen LogP contribution in [0.15, 0.2) is 0 Å². The molecule has 0 aromatic heterocycles. The molecule has 0 heterocycles. The van der Waals surface area contributed by atoms with Crippen LogP contribution in [-0.2, 0) is 4.74 Å². The third-order valence-corrected chi connectivity index (χ3v) is 2.13. The van der Waals surface area contributed by atoms with Crippen LogP contribution >= 0.6 is 0 Å². The Hall–Kier alpha value is -1.18. The molecular weight excluding hydrogens is 309 g/mol. The van der Waals surface area contributed by atoms with Gasteiger partial charge in [0.05, 0.1) is 25.7 Å². The summed E-state index contributed by atoms with van der Waals surface area (Å²) in [6.07, 6.45) is -9.14. The fourth-order valence-electron chi connectivity index (χ4n) is 0.985. The summed E-state index contributed by atoms with van der Waals surface area (Å²) in [7, 11) is 0. The third kappa shape index (κ3) is 3.68. The van der Waals surface area contributed by atoms with Gasteiger partial charge in [-0.2, -0.15) is 44.8 Å². The van der Waals surface area contributed by atoms with Crippen molar-refractivity contribution in [2.75, 3.05) is 13.2 Å². The van der Waals surface area contributed by atoms with Crippen LogP contribution in [-0.4, -0.2) is 37.2 Å². The molecule has 11 heteroatoms. The predicted octanol–water partition coefficient (Wildman–Crippen LogP) is 3.77. The lowest BCUT2D eigenvalue weighted by Crippen LogP contribution is -2.61. The lowest BCUT2D eigenvalue weighted by molar-refractivity contribution is -0.397. The van der Waals surface area contributed by atoms with Gasteiger partial charge in [0.1, 0.15) is 0 Å². The molecule has 20 heavy (non-hydrogen) atoms. The molecule has 0 spiro atoms. The van der Waals surface area contributed by atoms with Gasteiger partial charge >= 0.3 is 23.9 Å². The quantitative estimate of drug-likeness (QED) is 0.529. The monoisotopic (exact) mass is 317 g/mol. The van der Waals surface area contributed by atoms with Crippen molar-refractivity contribution in [3.8, 4) is 6.07 Å². The van der Waals surface area contributed by atoms with E-state index in [0.717, 1.165) is 0 Å². The second-order valence-electron chi connectivity index (χ2n) is 3.62. The molecular formula is C9H8F9NO. The fourth-order valence-corrected chi connectivity index (χ4v) is 0.985. The number of ether oxygens (including phenoxy) is 1. The minimum Gasteiger partial charge on any atom is -0.380 e. The van der Waals surface area contributed by atoms with E-state index in [1.54, 1.807) is 0 Å². The number of rotatable bonds is 7. The second kappa shape index (κ2) is 6.07. The molecule has 118 valence electrons. The summed E-state index contributed by atoms with van der Waals surface area (Å²) in [5.74, 6) is -19.1. The largest absolute Gasteiger partial charge is 0.460 e. The molecule has 0 saturated carbocycles. The molecule has 0 bridgehead atoms. The molecule has 0 aliphatic carbocycles. The van der Waals surface area contributed by atoms with Crippen LogP contribution < -0.4 is 0 Å². The molecule has 0 N–H and O–H groups in total. The van der Waals surface area contributed by atoms with Crippen LogP contribution in [0.4, 0.5) is 39.5 Å². The lowest BCUT2D eigenvalue weighted by Gasteiger charge is -2.33. The summed E-state index contributed by atoms with van der Waals surface area (Å²) in [5, 5.41) is 8.03. The summed E-state index contributed by atoms with van der Waals surface area (Å²) < 4.78 is 115. The normalized spacial score (nSPS) is 14.2. The maximum Gasteiger partial charge on any atom is 0.460 e. The van der Waals surface area contributed by atoms with E-state index in [4.69, 9.17) is 5.26 Å². The van der Waals surface area contributed by atoms with Crippen LogP contribution in [0, 0.1) is 11.3 Å². The maximum atomic E-state index is 12.9. The van der Waals surface area contributed by atoms with E-state index in [1.807, 2.05) is 0 Å². The van der Waals surface area contributed by atoms with E-state index in [-0.39, 0.29) is 6.42 Å². The zero-order valence-electron chi connectivity index (χ0n) is 9.59. The first-order valence-electron chi connectivity index (χ1n) is 4.96. The minimum atomic E-state index is -6.88. The highest BCUT2D eigenvalue weighted by Crippen LogP contribution is 2.53. The van der Waals surface area contributed by atoms with Crippen molar-refractivity contribution in [3.05, 3.63) is 0 Å². The minimum absolute atomic E-state index is 0.277. The molecule has 0 unspecified atom stereocenters. The van der Waals surface area contributed by atoms with Gasteiger partial charge < -0.3 is 4.74 Å². The average Bonchev–Trinajstić information content (AvgIpc) is 2.26. The zero-order valence-corrected chi connectivity index (χ0v) is 9.59. The molecule has 0 saturated heterocycles. The topological polar surface area (TPSA) is 33.0 Å². The van der Waals surface area contributed by atoms with Crippen LogP contribution in [0.2, 0.25) is 0 Å². The molecule has 0 fully saturated rings. The maximum absolute atomic E-state index is 12.9. The van der Waals surface area contributed by atoms with Crippen molar-refractivity contribution < 1.29 is 44.3 Å². The van der Waals surface area contributed by atoms with Gasteiger partial charge in [-0.05, 0) is 0 Å². The Kier molecular flexibility index (Phi) is 5.71. The number of nitrogens with zero attached hydrogens (tertiary/aromatic N) is 1. The van der Waals surface area contributed by atoms with E-state index in [2.05, 4.69) is 4.74 Å². The highest BCUT2D eigenvalue weighted by Gasteiger charge is 2.81. The second-order valence-corrected chi connectivity index (χ2v) is 3.62. The van der Waals surface area contributed by atoms with Crippen LogP contribution in [0.1, 0.15) is 12.8 Å². The third-order valence-electron chi connectivity index (χ3n) is 2.13. The average molecular weight is 317 g/mol. The van der Waals surface area contributed by atoms with Crippen molar-refractivity contribution in [2.24, 2.45) is 0 Å². The van der Waals surface area contributed by atoms with E-state index in [0.29, 0.717) is 0 Å². The fraction of sp³-hybridized carbons (Fsp3) is 0.889. The molecule has 2 nitrogen and oxygen atoms in total. The standard InChI is InChI=1S/C9H8F9NO/c10-6(11,2-5-20-4-1-3-19)7(12,13)8(14,15)9(16,17)18/h1-2,4-5H2. The van der Waals surface area contributed by atoms with Gasteiger partial charge in [0.25, 0.3) is 0 Å². The molecule has 0 amide bonds. The van der Waals surface area contributed by atoms with Crippen LogP contribution in [0.25, 0.3) is 0 Å². The molecule has 0 aromatic carbocycles.